The number of ether oxygens (including phenoxy) is 1. The molecule has 1 amide bonds. The van der Waals surface area contributed by atoms with E-state index in [2.05, 4.69) is 5.32 Å². The highest BCUT2D eigenvalue weighted by molar-refractivity contribution is 7.99. The van der Waals surface area contributed by atoms with Gasteiger partial charge in [-0.05, 0) is 37.1 Å². The molecular formula is C16H21NO4S. The Balaban J connectivity index is 1.94. The van der Waals surface area contributed by atoms with Crippen LogP contribution >= 0.6 is 11.8 Å². The van der Waals surface area contributed by atoms with Gasteiger partial charge in [-0.1, -0.05) is 18.2 Å². The second-order valence-corrected chi connectivity index (χ2v) is 6.38. The Morgan fingerprint density at radius 3 is 2.82 bits per heavy atom. The highest BCUT2D eigenvalue weighted by Gasteiger charge is 2.43. The first-order valence-electron chi connectivity index (χ1n) is 7.40. The van der Waals surface area contributed by atoms with Crippen LogP contribution in [0.3, 0.4) is 0 Å². The van der Waals surface area contributed by atoms with Crippen LogP contribution in [0.5, 0.6) is 5.75 Å². The molecule has 0 saturated carbocycles. The number of aliphatic carboxylic acids is 1. The molecule has 120 valence electrons. The Labute approximate surface area is 134 Å². The first kappa shape index (κ1) is 16.7. The zero-order valence-corrected chi connectivity index (χ0v) is 13.4. The number of hydrogen-bond acceptors (Lipinski definition) is 4. The molecule has 22 heavy (non-hydrogen) atoms. The lowest BCUT2D eigenvalue weighted by atomic mass is 9.98. The molecule has 6 heteroatoms. The summed E-state index contributed by atoms with van der Waals surface area (Å²) in [6.45, 7) is 2.49. The van der Waals surface area contributed by atoms with E-state index < -0.39 is 11.5 Å². The van der Waals surface area contributed by atoms with Gasteiger partial charge in [-0.25, -0.2) is 4.79 Å². The number of thioether (sulfide) groups is 1. The van der Waals surface area contributed by atoms with Crippen molar-refractivity contribution in [2.75, 3.05) is 18.1 Å². The van der Waals surface area contributed by atoms with Gasteiger partial charge in [0.2, 0.25) is 5.91 Å². The molecule has 1 heterocycles. The van der Waals surface area contributed by atoms with Crippen molar-refractivity contribution in [1.82, 2.24) is 5.32 Å². The first-order chi connectivity index (χ1) is 10.6. The highest BCUT2D eigenvalue weighted by Crippen LogP contribution is 2.28. The lowest BCUT2D eigenvalue weighted by Gasteiger charge is -2.24. The Kier molecular flexibility index (Phi) is 5.71. The van der Waals surface area contributed by atoms with Crippen LogP contribution in [0.1, 0.15) is 25.3 Å². The van der Waals surface area contributed by atoms with Crippen LogP contribution in [-0.4, -0.2) is 40.6 Å². The van der Waals surface area contributed by atoms with Crippen molar-refractivity contribution in [3.8, 4) is 5.75 Å². The lowest BCUT2D eigenvalue weighted by molar-refractivity contribution is -0.146. The Bertz CT molecular complexity index is 541. The number of carboxylic acids is 1. The molecule has 1 saturated heterocycles. The van der Waals surface area contributed by atoms with Gasteiger partial charge in [0.25, 0.3) is 0 Å². The summed E-state index contributed by atoms with van der Waals surface area (Å²) in [5.41, 5.74) is -0.133. The summed E-state index contributed by atoms with van der Waals surface area (Å²) in [4.78, 5) is 23.6. The number of benzene rings is 1. The molecule has 2 N–H and O–H groups in total. The van der Waals surface area contributed by atoms with Gasteiger partial charge in [0.05, 0.1) is 6.61 Å². The third-order valence-electron chi connectivity index (χ3n) is 3.70. The van der Waals surface area contributed by atoms with E-state index in [9.17, 15) is 14.7 Å². The fourth-order valence-electron chi connectivity index (χ4n) is 2.47. The van der Waals surface area contributed by atoms with Crippen LogP contribution in [0.15, 0.2) is 24.3 Å². The number of amides is 1. The Hall–Kier alpha value is -1.69. The van der Waals surface area contributed by atoms with Crippen LogP contribution in [0.25, 0.3) is 0 Å². The second kappa shape index (κ2) is 7.54. The maximum Gasteiger partial charge on any atom is 0.330 e. The lowest BCUT2D eigenvalue weighted by Crippen LogP contribution is -2.54. The number of nitrogens with one attached hydrogen (secondary N) is 1. The minimum absolute atomic E-state index is 0.226. The molecule has 0 aliphatic carbocycles. The molecule has 1 fully saturated rings. The SMILES string of the molecule is CCOc1ccccc1CCC(=O)N[C@]1(C(=O)O)CCSC1. The van der Waals surface area contributed by atoms with Gasteiger partial charge >= 0.3 is 5.97 Å². The number of carbonyl (C=O) groups is 2. The van der Waals surface area contributed by atoms with Crippen molar-refractivity contribution in [2.45, 2.75) is 31.7 Å². The average molecular weight is 323 g/mol. The molecular weight excluding hydrogens is 302 g/mol. The highest BCUT2D eigenvalue weighted by atomic mass is 32.2. The first-order valence-corrected chi connectivity index (χ1v) is 8.56. The van der Waals surface area contributed by atoms with E-state index >= 15 is 0 Å². The number of carboxylic acid groups (broad SMARTS) is 1. The zero-order chi connectivity index (χ0) is 16.0. The summed E-state index contributed by atoms with van der Waals surface area (Å²) in [7, 11) is 0. The van der Waals surface area contributed by atoms with Crippen LogP contribution in [0.2, 0.25) is 0 Å². The van der Waals surface area contributed by atoms with Crippen LogP contribution < -0.4 is 10.1 Å². The van der Waals surface area contributed by atoms with Gasteiger partial charge in [0.15, 0.2) is 0 Å². The van der Waals surface area contributed by atoms with E-state index in [1.165, 1.54) is 0 Å². The Morgan fingerprint density at radius 1 is 1.41 bits per heavy atom. The molecule has 0 bridgehead atoms. The fraction of sp³-hybridized carbons (Fsp3) is 0.500. The average Bonchev–Trinajstić information content (AvgIpc) is 2.96. The molecule has 0 spiro atoms. The molecule has 1 aliphatic rings. The molecule has 2 rings (SSSR count). The monoisotopic (exact) mass is 323 g/mol. The largest absolute Gasteiger partial charge is 0.494 e. The van der Waals surface area contributed by atoms with Crippen molar-refractivity contribution >= 4 is 23.6 Å². The number of rotatable bonds is 7. The third-order valence-corrected chi connectivity index (χ3v) is 4.89. The topological polar surface area (TPSA) is 75.6 Å². The quantitative estimate of drug-likeness (QED) is 0.803. The van der Waals surface area contributed by atoms with Gasteiger partial charge in [0.1, 0.15) is 11.3 Å². The van der Waals surface area contributed by atoms with Crippen molar-refractivity contribution in [1.29, 1.82) is 0 Å². The van der Waals surface area contributed by atoms with Crippen molar-refractivity contribution in [2.24, 2.45) is 0 Å². The summed E-state index contributed by atoms with van der Waals surface area (Å²) < 4.78 is 5.53. The van der Waals surface area contributed by atoms with Gasteiger partial charge in [0, 0.05) is 12.2 Å². The molecule has 0 radical (unpaired) electrons. The maximum absolute atomic E-state index is 12.1. The van der Waals surface area contributed by atoms with Crippen LogP contribution in [0.4, 0.5) is 0 Å². The molecule has 1 aromatic rings. The predicted molar refractivity (Wildman–Crippen MR) is 86.4 cm³/mol. The predicted octanol–water partition coefficient (Wildman–Crippen LogP) is 2.09. The maximum atomic E-state index is 12.1. The van der Waals surface area contributed by atoms with E-state index in [1.807, 2.05) is 31.2 Å². The van der Waals surface area contributed by atoms with Crippen molar-refractivity contribution < 1.29 is 19.4 Å². The van der Waals surface area contributed by atoms with Gasteiger partial charge in [-0.3, -0.25) is 4.79 Å². The second-order valence-electron chi connectivity index (χ2n) is 5.28. The number of para-hydroxylation sites is 1. The summed E-state index contributed by atoms with van der Waals surface area (Å²) in [5, 5.41) is 12.1. The molecule has 0 aromatic heterocycles. The van der Waals surface area contributed by atoms with Crippen LogP contribution in [-0.2, 0) is 16.0 Å². The standard InChI is InChI=1S/C16H21NO4S/c1-2-21-13-6-4-3-5-12(13)7-8-14(18)17-16(15(19)20)9-10-22-11-16/h3-6H,2,7-11H2,1H3,(H,17,18)(H,19,20)/t16-/m1/s1. The summed E-state index contributed by atoms with van der Waals surface area (Å²) in [6.07, 6.45) is 1.27. The molecule has 5 nitrogen and oxygen atoms in total. The van der Waals surface area contributed by atoms with Gasteiger partial charge in [-0.15, -0.1) is 0 Å². The van der Waals surface area contributed by atoms with E-state index in [-0.39, 0.29) is 12.3 Å². The van der Waals surface area contributed by atoms with E-state index in [0.717, 1.165) is 17.1 Å². The molecule has 1 atom stereocenters. The fourth-order valence-corrected chi connectivity index (χ4v) is 3.80. The smallest absolute Gasteiger partial charge is 0.330 e. The molecule has 1 aromatic carbocycles. The van der Waals surface area contributed by atoms with Gasteiger partial charge < -0.3 is 15.2 Å². The number of carbonyl (C=O) groups excluding carboxylic acids is 1. The van der Waals surface area contributed by atoms with E-state index in [1.54, 1.807) is 11.8 Å². The number of hydrogen-bond donors (Lipinski definition) is 2. The van der Waals surface area contributed by atoms with Gasteiger partial charge in [-0.2, -0.15) is 11.8 Å². The van der Waals surface area contributed by atoms with Crippen molar-refractivity contribution in [3.63, 3.8) is 0 Å². The molecule has 1 aliphatic heterocycles. The van der Waals surface area contributed by atoms with Crippen molar-refractivity contribution in [3.05, 3.63) is 29.8 Å². The third kappa shape index (κ3) is 3.94. The van der Waals surface area contributed by atoms with Crippen LogP contribution in [0, 0.1) is 0 Å². The minimum atomic E-state index is -1.10. The Morgan fingerprint density at radius 2 is 2.18 bits per heavy atom. The molecule has 0 unspecified atom stereocenters. The zero-order valence-electron chi connectivity index (χ0n) is 12.6. The van der Waals surface area contributed by atoms with E-state index in [0.29, 0.717) is 25.2 Å². The minimum Gasteiger partial charge on any atom is -0.494 e. The summed E-state index contributed by atoms with van der Waals surface area (Å²) in [6, 6.07) is 7.60. The van der Waals surface area contributed by atoms with E-state index in [4.69, 9.17) is 4.74 Å². The normalized spacial score (nSPS) is 20.6. The summed E-state index contributed by atoms with van der Waals surface area (Å²) in [5.74, 6) is 0.808. The number of aryl methyl sites for hydroxylation is 1. The summed E-state index contributed by atoms with van der Waals surface area (Å²) >= 11 is 1.56.